The number of rotatable bonds is 27. The van der Waals surface area contributed by atoms with Gasteiger partial charge >= 0.3 is 12.1 Å². The first-order valence-corrected chi connectivity index (χ1v) is 17.5. The van der Waals surface area contributed by atoms with Crippen molar-refractivity contribution >= 4 is 12.1 Å². The number of carbonyl (C=O) groups excluding carboxylic acids is 2. The first kappa shape index (κ1) is 41.4. The molecule has 0 aromatic carbocycles. The molecule has 0 saturated carbocycles. The number of fused-ring (bicyclic) bond motifs is 1. The molecule has 2 aliphatic rings. The molecule has 276 valence electrons. The molecule has 0 aromatic rings. The molecule has 2 saturated heterocycles. The minimum Gasteiger partial charge on any atom is -0.379 e. The lowest BCUT2D eigenvalue weighted by Crippen LogP contribution is -2.67. The maximum atomic E-state index is 14.6. The molecule has 2 aliphatic heterocycles. The Kier molecular flexibility index (Phi) is 18.2. The van der Waals surface area contributed by atoms with Gasteiger partial charge in [0.05, 0.1) is 50.8 Å². The van der Waals surface area contributed by atoms with Crippen LogP contribution >= 0.6 is 0 Å². The zero-order chi connectivity index (χ0) is 35.0. The summed E-state index contributed by atoms with van der Waals surface area (Å²) in [7, 11) is 0. The lowest BCUT2D eigenvalue weighted by atomic mass is 9.89. The van der Waals surface area contributed by atoms with Crippen LogP contribution in [0.25, 0.3) is 0 Å². The fourth-order valence-electron chi connectivity index (χ4n) is 6.00. The normalized spacial score (nSPS) is 24.0. The fraction of sp³-hybridized carbons (Fsp3) is 0.939. The van der Waals surface area contributed by atoms with E-state index in [0.29, 0.717) is 65.7 Å². The number of urea groups is 2. The Hall–Kier alpha value is -1.78. The smallest absolute Gasteiger partial charge is 0.327 e. The second kappa shape index (κ2) is 20.7. The van der Waals surface area contributed by atoms with Gasteiger partial charge in [-0.1, -0.05) is 20.3 Å². The Morgan fingerprint density at radius 1 is 0.532 bits per heavy atom. The zero-order valence-corrected chi connectivity index (χ0v) is 30.8. The van der Waals surface area contributed by atoms with Gasteiger partial charge in [0, 0.05) is 26.4 Å². The molecule has 14 nitrogen and oxygen atoms in total. The van der Waals surface area contributed by atoms with Crippen molar-refractivity contribution in [3.63, 3.8) is 0 Å². The van der Waals surface area contributed by atoms with Crippen LogP contribution in [0.1, 0.15) is 88.5 Å². The molecule has 0 aromatic heterocycles. The maximum Gasteiger partial charge on any atom is 0.327 e. The minimum absolute atomic E-state index is 0.0657. The van der Waals surface area contributed by atoms with E-state index < -0.39 is 11.3 Å². The van der Waals surface area contributed by atoms with Gasteiger partial charge in [-0.3, -0.25) is 19.6 Å². The van der Waals surface area contributed by atoms with Gasteiger partial charge in [0.15, 0.2) is 11.3 Å². The van der Waals surface area contributed by atoms with Crippen LogP contribution in [0.5, 0.6) is 0 Å². The van der Waals surface area contributed by atoms with Gasteiger partial charge in [0.1, 0.15) is 26.9 Å². The molecule has 0 spiro atoms. The maximum absolute atomic E-state index is 14.6. The molecule has 0 bridgehead atoms. The van der Waals surface area contributed by atoms with Crippen LogP contribution in [0.4, 0.5) is 9.59 Å². The molecule has 4 amide bonds. The summed E-state index contributed by atoms with van der Waals surface area (Å²) in [6.45, 7) is 22.8. The Balaban J connectivity index is 2.59. The molecule has 0 aliphatic carbocycles. The first-order chi connectivity index (χ1) is 22.5. The van der Waals surface area contributed by atoms with Crippen LogP contribution in [0.2, 0.25) is 0 Å². The van der Waals surface area contributed by atoms with Crippen molar-refractivity contribution in [1.29, 1.82) is 0 Å². The van der Waals surface area contributed by atoms with Crippen LogP contribution in [0.3, 0.4) is 0 Å². The molecular weight excluding hydrogens is 612 g/mol. The molecule has 47 heavy (non-hydrogen) atoms. The van der Waals surface area contributed by atoms with Gasteiger partial charge in [-0.05, 0) is 68.2 Å². The molecule has 5 unspecified atom stereocenters. The van der Waals surface area contributed by atoms with Gasteiger partial charge in [0.25, 0.3) is 0 Å². The van der Waals surface area contributed by atoms with Gasteiger partial charge in [-0.2, -0.15) is 0 Å². The number of ether oxygens (including phenoxy) is 8. The van der Waals surface area contributed by atoms with Gasteiger partial charge in [-0.15, -0.1) is 0 Å². The monoisotopic (exact) mass is 676 g/mol. The Morgan fingerprint density at radius 3 is 1.19 bits per heavy atom. The summed E-state index contributed by atoms with van der Waals surface area (Å²) in [5.74, 6) is 0. The third kappa shape index (κ3) is 10.1. The topological polar surface area (TPSA) is 121 Å². The molecule has 0 N–H and O–H groups in total. The largest absolute Gasteiger partial charge is 0.379 e. The highest BCUT2D eigenvalue weighted by Gasteiger charge is 2.76. The average Bonchev–Trinajstić information content (AvgIpc) is 3.33. The molecule has 0 radical (unpaired) electrons. The molecule has 2 heterocycles. The van der Waals surface area contributed by atoms with E-state index in [9.17, 15) is 9.59 Å². The quantitative estimate of drug-likeness (QED) is 0.114. The summed E-state index contributed by atoms with van der Waals surface area (Å²) in [6.07, 6.45) is 0.844. The average molecular weight is 677 g/mol. The minimum atomic E-state index is -1.23. The first-order valence-electron chi connectivity index (χ1n) is 17.5. The molecule has 2 fully saturated rings. The highest BCUT2D eigenvalue weighted by Crippen LogP contribution is 2.53. The second-order valence-corrected chi connectivity index (χ2v) is 12.3. The lowest BCUT2D eigenvalue weighted by molar-refractivity contribution is -0.160. The molecule has 14 heteroatoms. The SMILES string of the molecule is CCCOCC(C)OCN1C(=O)N(COC(C)COCC)C2(C)N(CO[C@H](C)COCC)C(=O)N(COC(C)COCC)C12CCC. The highest BCUT2D eigenvalue weighted by atomic mass is 16.6. The number of nitrogens with zero attached hydrogens (tertiary/aromatic N) is 4. The summed E-state index contributed by atoms with van der Waals surface area (Å²) in [4.78, 5) is 35.7. The zero-order valence-electron chi connectivity index (χ0n) is 30.8. The van der Waals surface area contributed by atoms with E-state index >= 15 is 0 Å². The van der Waals surface area contributed by atoms with Crippen LogP contribution in [0, 0.1) is 0 Å². The van der Waals surface area contributed by atoms with Gasteiger partial charge in [0.2, 0.25) is 0 Å². The van der Waals surface area contributed by atoms with Crippen molar-refractivity contribution in [2.45, 2.75) is 124 Å². The third-order valence-electron chi connectivity index (χ3n) is 8.55. The predicted octanol–water partition coefficient (Wildman–Crippen LogP) is 4.66. The summed E-state index contributed by atoms with van der Waals surface area (Å²) < 4.78 is 47.3. The van der Waals surface area contributed by atoms with Gasteiger partial charge in [-0.25, -0.2) is 9.59 Å². The van der Waals surface area contributed by atoms with E-state index in [4.69, 9.17) is 37.9 Å². The van der Waals surface area contributed by atoms with Crippen molar-refractivity contribution in [3.05, 3.63) is 0 Å². The van der Waals surface area contributed by atoms with Crippen molar-refractivity contribution in [2.75, 3.05) is 79.8 Å². The van der Waals surface area contributed by atoms with E-state index in [1.165, 1.54) is 0 Å². The number of carbonyl (C=O) groups is 2. The van der Waals surface area contributed by atoms with Crippen molar-refractivity contribution in [3.8, 4) is 0 Å². The van der Waals surface area contributed by atoms with Crippen LogP contribution < -0.4 is 0 Å². The lowest BCUT2D eigenvalue weighted by Gasteiger charge is -2.48. The van der Waals surface area contributed by atoms with E-state index in [2.05, 4.69) is 0 Å². The highest BCUT2D eigenvalue weighted by molar-refractivity contribution is 5.88. The number of hydrogen-bond donors (Lipinski definition) is 0. The summed E-state index contributed by atoms with van der Waals surface area (Å²) in [5.41, 5.74) is -2.42. The number of amides is 4. The van der Waals surface area contributed by atoms with E-state index in [1.807, 2.05) is 69.2 Å². The van der Waals surface area contributed by atoms with Crippen molar-refractivity contribution < 1.29 is 47.5 Å². The second-order valence-electron chi connectivity index (χ2n) is 12.3. The summed E-state index contributed by atoms with van der Waals surface area (Å²) >= 11 is 0. The molecular formula is C33H64N4O10. The fourth-order valence-corrected chi connectivity index (χ4v) is 6.00. The van der Waals surface area contributed by atoms with E-state index in [0.717, 1.165) is 6.42 Å². The van der Waals surface area contributed by atoms with Crippen molar-refractivity contribution in [2.24, 2.45) is 0 Å². The number of hydrogen-bond acceptors (Lipinski definition) is 10. The van der Waals surface area contributed by atoms with Crippen LogP contribution in [-0.2, 0) is 37.9 Å². The Labute approximate surface area is 283 Å². The Bertz CT molecular complexity index is 919. The summed E-state index contributed by atoms with van der Waals surface area (Å²) in [5, 5.41) is 0. The van der Waals surface area contributed by atoms with Gasteiger partial charge < -0.3 is 37.9 Å². The standard InChI is InChI=1S/C33H64N4O10/c1-11-16-33-32(10,34(22-44-26(6)18-40-13-3)30(38)36(33)24-46-28(8)20-42-15-5)35(23-45-27(7)19-41-14-4)31(39)37(33)25-47-29(9)21-43-17-12-2/h26-29H,11-25H2,1-10H3/t26-,27?,28?,29?,32?,33?/m1/s1. The third-order valence-corrected chi connectivity index (χ3v) is 8.55. The molecule has 2 rings (SSSR count). The molecule has 6 atom stereocenters. The van der Waals surface area contributed by atoms with E-state index in [1.54, 1.807) is 19.6 Å². The van der Waals surface area contributed by atoms with Crippen LogP contribution in [0.15, 0.2) is 0 Å². The van der Waals surface area contributed by atoms with Crippen LogP contribution in [-0.4, -0.2) is 147 Å². The Morgan fingerprint density at radius 2 is 0.872 bits per heavy atom. The van der Waals surface area contributed by atoms with E-state index in [-0.39, 0.29) is 63.4 Å². The predicted molar refractivity (Wildman–Crippen MR) is 176 cm³/mol. The van der Waals surface area contributed by atoms with Crippen molar-refractivity contribution in [1.82, 2.24) is 19.6 Å². The summed E-state index contributed by atoms with van der Waals surface area (Å²) in [6, 6.07) is -0.643.